The number of thioether (sulfide) groups is 1. The predicted octanol–water partition coefficient (Wildman–Crippen LogP) is 5.72. The summed E-state index contributed by atoms with van der Waals surface area (Å²) < 4.78 is 7.39. The number of rotatable bonds is 9. The Hall–Kier alpha value is -4.30. The molecule has 2 N–H and O–H groups in total. The lowest BCUT2D eigenvalue weighted by molar-refractivity contribution is -0.113. The van der Waals surface area contributed by atoms with E-state index in [9.17, 15) is 9.59 Å². The first-order chi connectivity index (χ1) is 18.1. The zero-order valence-electron chi connectivity index (χ0n) is 20.3. The molecule has 0 fully saturated rings. The number of carbonyl (C=O) groups is 1. The SMILES string of the molecule is CCn1c(SCC(=O)Nc2ccc(OCc3ccccc3)cc2)nc2c(-c3ccccc3)c[nH]c2c1=O. The zero-order valence-corrected chi connectivity index (χ0v) is 21.1. The Bertz CT molecular complexity index is 1560. The van der Waals surface area contributed by atoms with E-state index in [1.807, 2.05) is 85.9 Å². The van der Waals surface area contributed by atoms with Gasteiger partial charge in [-0.1, -0.05) is 72.4 Å². The Kier molecular flexibility index (Phi) is 7.37. The smallest absolute Gasteiger partial charge is 0.278 e. The van der Waals surface area contributed by atoms with E-state index >= 15 is 0 Å². The number of anilines is 1. The molecule has 0 atom stereocenters. The number of aromatic amines is 1. The van der Waals surface area contributed by atoms with Crippen molar-refractivity contribution in [2.75, 3.05) is 11.1 Å². The van der Waals surface area contributed by atoms with Gasteiger partial charge in [-0.15, -0.1) is 0 Å². The molecule has 2 aromatic heterocycles. The lowest BCUT2D eigenvalue weighted by atomic mass is 10.1. The number of amides is 1. The third-order valence-electron chi connectivity index (χ3n) is 5.87. The Balaban J connectivity index is 1.26. The highest BCUT2D eigenvalue weighted by molar-refractivity contribution is 7.99. The number of aromatic nitrogens is 3. The highest BCUT2D eigenvalue weighted by Crippen LogP contribution is 2.28. The number of nitrogens with one attached hydrogen (secondary N) is 2. The fourth-order valence-corrected chi connectivity index (χ4v) is 4.86. The molecule has 0 saturated heterocycles. The van der Waals surface area contributed by atoms with Gasteiger partial charge in [-0.2, -0.15) is 0 Å². The third kappa shape index (κ3) is 5.59. The molecule has 0 unspecified atom stereocenters. The van der Waals surface area contributed by atoms with E-state index in [1.54, 1.807) is 16.7 Å². The summed E-state index contributed by atoms with van der Waals surface area (Å²) in [6.45, 7) is 2.82. The molecule has 7 nitrogen and oxygen atoms in total. The Morgan fingerprint density at radius 1 is 1.00 bits per heavy atom. The molecular formula is C29H26N4O3S. The van der Waals surface area contributed by atoms with Crippen LogP contribution in [0.4, 0.5) is 5.69 Å². The van der Waals surface area contributed by atoms with E-state index in [0.29, 0.717) is 35.0 Å². The molecule has 2 heterocycles. The molecule has 5 aromatic rings. The second-order valence-corrected chi connectivity index (χ2v) is 9.31. The fraction of sp³-hybridized carbons (Fsp3) is 0.138. The predicted molar refractivity (Wildman–Crippen MR) is 148 cm³/mol. The van der Waals surface area contributed by atoms with Gasteiger partial charge in [0.2, 0.25) is 5.91 Å². The van der Waals surface area contributed by atoms with E-state index < -0.39 is 0 Å². The van der Waals surface area contributed by atoms with Gasteiger partial charge in [-0.05, 0) is 42.3 Å². The van der Waals surface area contributed by atoms with Gasteiger partial charge in [-0.3, -0.25) is 14.2 Å². The van der Waals surface area contributed by atoms with Gasteiger partial charge in [0.05, 0.1) is 5.75 Å². The van der Waals surface area contributed by atoms with Crippen LogP contribution in [0.2, 0.25) is 0 Å². The van der Waals surface area contributed by atoms with Crippen molar-refractivity contribution in [3.63, 3.8) is 0 Å². The number of hydrogen-bond donors (Lipinski definition) is 2. The maximum absolute atomic E-state index is 13.1. The quantitative estimate of drug-likeness (QED) is 0.196. The molecule has 8 heteroatoms. The molecule has 0 aliphatic rings. The van der Waals surface area contributed by atoms with Crippen LogP contribution < -0.4 is 15.6 Å². The van der Waals surface area contributed by atoms with Crippen LogP contribution in [-0.4, -0.2) is 26.2 Å². The number of hydrogen-bond acceptors (Lipinski definition) is 5. The number of benzene rings is 3. The number of fused-ring (bicyclic) bond motifs is 1. The van der Waals surface area contributed by atoms with Gasteiger partial charge in [0.1, 0.15) is 23.4 Å². The average Bonchev–Trinajstić information content (AvgIpc) is 3.37. The van der Waals surface area contributed by atoms with Crippen LogP contribution in [-0.2, 0) is 17.9 Å². The van der Waals surface area contributed by atoms with Crippen molar-refractivity contribution >= 4 is 34.4 Å². The number of ether oxygens (including phenoxy) is 1. The van der Waals surface area contributed by atoms with Crippen LogP contribution in [0.25, 0.3) is 22.2 Å². The number of carbonyl (C=O) groups excluding carboxylic acids is 1. The van der Waals surface area contributed by atoms with Crippen molar-refractivity contribution in [3.8, 4) is 16.9 Å². The summed E-state index contributed by atoms with van der Waals surface area (Å²) in [4.78, 5) is 33.6. The van der Waals surface area contributed by atoms with Crippen molar-refractivity contribution in [2.24, 2.45) is 0 Å². The molecule has 0 spiro atoms. The molecule has 3 aromatic carbocycles. The second-order valence-electron chi connectivity index (χ2n) is 8.37. The maximum Gasteiger partial charge on any atom is 0.278 e. The van der Waals surface area contributed by atoms with Crippen molar-refractivity contribution in [1.29, 1.82) is 0 Å². The maximum atomic E-state index is 13.1. The lowest BCUT2D eigenvalue weighted by Crippen LogP contribution is -2.23. The molecule has 0 bridgehead atoms. The number of H-pyrrole nitrogens is 1. The zero-order chi connectivity index (χ0) is 25.6. The molecule has 0 radical (unpaired) electrons. The molecular weight excluding hydrogens is 484 g/mol. The van der Waals surface area contributed by atoms with E-state index in [0.717, 1.165) is 22.4 Å². The van der Waals surface area contributed by atoms with Crippen molar-refractivity contribution in [2.45, 2.75) is 25.2 Å². The van der Waals surface area contributed by atoms with Crippen LogP contribution in [0.5, 0.6) is 5.75 Å². The van der Waals surface area contributed by atoms with Crippen molar-refractivity contribution < 1.29 is 9.53 Å². The minimum Gasteiger partial charge on any atom is -0.489 e. The monoisotopic (exact) mass is 510 g/mol. The molecule has 1 amide bonds. The minimum absolute atomic E-state index is 0.120. The normalized spacial score (nSPS) is 10.9. The van der Waals surface area contributed by atoms with Crippen LogP contribution in [0.3, 0.4) is 0 Å². The molecule has 0 aliphatic carbocycles. The van der Waals surface area contributed by atoms with Gasteiger partial charge in [0, 0.05) is 24.0 Å². The highest BCUT2D eigenvalue weighted by atomic mass is 32.2. The summed E-state index contributed by atoms with van der Waals surface area (Å²) >= 11 is 1.25. The summed E-state index contributed by atoms with van der Waals surface area (Å²) in [5, 5.41) is 3.41. The van der Waals surface area contributed by atoms with Gasteiger partial charge in [0.15, 0.2) is 5.16 Å². The summed E-state index contributed by atoms with van der Waals surface area (Å²) in [5.41, 5.74) is 4.51. The Morgan fingerprint density at radius 3 is 2.41 bits per heavy atom. The van der Waals surface area contributed by atoms with Gasteiger partial charge >= 0.3 is 0 Å². The summed E-state index contributed by atoms with van der Waals surface area (Å²) in [5.74, 6) is 0.661. The Morgan fingerprint density at radius 2 is 1.70 bits per heavy atom. The van der Waals surface area contributed by atoms with Crippen LogP contribution in [0, 0.1) is 0 Å². The summed E-state index contributed by atoms with van der Waals surface area (Å²) in [6.07, 6.45) is 1.81. The number of nitrogens with zero attached hydrogens (tertiary/aromatic N) is 2. The van der Waals surface area contributed by atoms with Crippen molar-refractivity contribution in [1.82, 2.24) is 14.5 Å². The first-order valence-electron chi connectivity index (χ1n) is 12.0. The largest absolute Gasteiger partial charge is 0.489 e. The Labute approximate surface area is 218 Å². The van der Waals surface area contributed by atoms with Crippen molar-refractivity contribution in [3.05, 3.63) is 107 Å². The van der Waals surface area contributed by atoms with Gasteiger partial charge < -0.3 is 15.0 Å². The van der Waals surface area contributed by atoms with Crippen LogP contribution >= 0.6 is 11.8 Å². The van der Waals surface area contributed by atoms with Crippen LogP contribution in [0.1, 0.15) is 12.5 Å². The van der Waals surface area contributed by atoms with Crippen LogP contribution in [0.15, 0.2) is 101 Å². The standard InChI is InChI=1S/C29H26N4O3S/c1-2-33-28(35)27-26(24(17-30-27)21-11-7-4-8-12-21)32-29(33)37-19-25(34)31-22-13-15-23(16-14-22)36-18-20-9-5-3-6-10-20/h3-17,30H,2,18-19H2,1H3,(H,31,34). The third-order valence-corrected chi connectivity index (χ3v) is 6.85. The topological polar surface area (TPSA) is 89.0 Å². The van der Waals surface area contributed by atoms with E-state index in [-0.39, 0.29) is 17.2 Å². The summed E-state index contributed by atoms with van der Waals surface area (Å²) in [6, 6.07) is 27.0. The fourth-order valence-electron chi connectivity index (χ4n) is 4.00. The lowest BCUT2D eigenvalue weighted by Gasteiger charge is -2.11. The highest BCUT2D eigenvalue weighted by Gasteiger charge is 2.17. The molecule has 0 saturated carbocycles. The first-order valence-corrected chi connectivity index (χ1v) is 13.0. The average molecular weight is 511 g/mol. The van der Waals surface area contributed by atoms with E-state index in [1.165, 1.54) is 11.8 Å². The molecule has 37 heavy (non-hydrogen) atoms. The first kappa shape index (κ1) is 24.4. The van der Waals surface area contributed by atoms with Gasteiger partial charge in [0.25, 0.3) is 5.56 Å². The van der Waals surface area contributed by atoms with E-state index in [4.69, 9.17) is 9.72 Å². The molecule has 0 aliphatic heterocycles. The molecule has 5 rings (SSSR count). The van der Waals surface area contributed by atoms with E-state index in [2.05, 4.69) is 10.3 Å². The van der Waals surface area contributed by atoms with Gasteiger partial charge in [-0.25, -0.2) is 4.98 Å². The molecule has 186 valence electrons. The summed E-state index contributed by atoms with van der Waals surface area (Å²) in [7, 11) is 0. The second kappa shape index (κ2) is 11.2. The minimum atomic E-state index is -0.183.